The fourth-order valence-electron chi connectivity index (χ4n) is 3.89. The standard InChI is InChI=1S/C21H20F5N3O4/c1-9-14(11-4-5-12(22)15(23)16(11)32-3)17(33-20(9,2)21(24,25)26)19(31)29-13-8-10(18(27)30)6-7-28-13/h4-9,14,17H,1-3H3,(H2,27,30)(H,28,29,31)/t9-,14-,17+,20+/m0/s1. The molecule has 1 aromatic heterocycles. The van der Waals surface area contributed by atoms with Crippen LogP contribution < -0.4 is 15.8 Å². The van der Waals surface area contributed by atoms with Crippen LogP contribution in [0.15, 0.2) is 30.5 Å². The van der Waals surface area contributed by atoms with E-state index >= 15 is 0 Å². The van der Waals surface area contributed by atoms with Gasteiger partial charge in [0.15, 0.2) is 17.2 Å². The second kappa shape index (κ2) is 8.58. The number of benzene rings is 1. The SMILES string of the molecule is COc1c([C@H]2[C@H](C(=O)Nc3cc(C(N)=O)ccn3)O[C@@](C)(C(F)(F)F)[C@H]2C)ccc(F)c1F. The van der Waals surface area contributed by atoms with E-state index in [0.717, 1.165) is 32.2 Å². The average Bonchev–Trinajstić information content (AvgIpc) is 3.02. The van der Waals surface area contributed by atoms with Gasteiger partial charge in [-0.3, -0.25) is 9.59 Å². The first kappa shape index (κ1) is 24.4. The summed E-state index contributed by atoms with van der Waals surface area (Å²) in [4.78, 5) is 28.2. The molecular formula is C21H20F5N3O4. The molecule has 2 heterocycles. The summed E-state index contributed by atoms with van der Waals surface area (Å²) in [5, 5.41) is 2.29. The van der Waals surface area contributed by atoms with E-state index in [1.165, 1.54) is 19.2 Å². The molecular weight excluding hydrogens is 453 g/mol. The molecule has 178 valence electrons. The van der Waals surface area contributed by atoms with E-state index in [0.29, 0.717) is 0 Å². The van der Waals surface area contributed by atoms with Gasteiger partial charge in [0.1, 0.15) is 11.9 Å². The smallest absolute Gasteiger partial charge is 0.417 e. The number of amides is 2. The van der Waals surface area contributed by atoms with Gasteiger partial charge in [-0.1, -0.05) is 13.0 Å². The van der Waals surface area contributed by atoms with E-state index in [-0.39, 0.29) is 16.9 Å². The minimum absolute atomic E-state index is 0.0000342. The highest BCUT2D eigenvalue weighted by atomic mass is 19.4. The molecule has 2 amide bonds. The van der Waals surface area contributed by atoms with Crippen LogP contribution in [0.2, 0.25) is 0 Å². The van der Waals surface area contributed by atoms with Crippen LogP contribution in [0.25, 0.3) is 0 Å². The molecule has 3 rings (SSSR count). The molecule has 2 aromatic rings. The lowest BCUT2D eigenvalue weighted by Gasteiger charge is -2.32. The number of nitrogens with two attached hydrogens (primary N) is 1. The molecule has 3 N–H and O–H groups in total. The maximum absolute atomic E-state index is 14.3. The first-order valence-electron chi connectivity index (χ1n) is 9.65. The molecule has 0 aliphatic carbocycles. The number of anilines is 1. The number of nitrogens with one attached hydrogen (secondary N) is 1. The maximum Gasteiger partial charge on any atom is 0.417 e. The molecule has 7 nitrogen and oxygen atoms in total. The fourth-order valence-corrected chi connectivity index (χ4v) is 3.89. The van der Waals surface area contributed by atoms with Crippen LogP contribution in [0.4, 0.5) is 27.8 Å². The van der Waals surface area contributed by atoms with Crippen molar-refractivity contribution in [3.05, 3.63) is 53.2 Å². The fraction of sp³-hybridized carbons (Fsp3) is 0.381. The second-order valence-corrected chi connectivity index (χ2v) is 7.72. The van der Waals surface area contributed by atoms with Crippen LogP contribution in [0.5, 0.6) is 5.75 Å². The summed E-state index contributed by atoms with van der Waals surface area (Å²) < 4.78 is 80.0. The minimum Gasteiger partial charge on any atom is -0.493 e. The Morgan fingerprint density at radius 1 is 1.24 bits per heavy atom. The zero-order valence-corrected chi connectivity index (χ0v) is 17.7. The van der Waals surface area contributed by atoms with E-state index in [1.54, 1.807) is 0 Å². The number of pyridine rings is 1. The lowest BCUT2D eigenvalue weighted by molar-refractivity contribution is -0.272. The van der Waals surface area contributed by atoms with Crippen LogP contribution in [0, 0.1) is 17.6 Å². The number of carbonyl (C=O) groups is 2. The third kappa shape index (κ3) is 4.22. The van der Waals surface area contributed by atoms with Gasteiger partial charge in [-0.2, -0.15) is 17.6 Å². The molecule has 1 aliphatic heterocycles. The highest BCUT2D eigenvalue weighted by molar-refractivity contribution is 5.97. The van der Waals surface area contributed by atoms with Crippen LogP contribution >= 0.6 is 0 Å². The average molecular weight is 473 g/mol. The van der Waals surface area contributed by atoms with E-state index in [2.05, 4.69) is 10.3 Å². The Hall–Kier alpha value is -3.28. The van der Waals surface area contributed by atoms with Crippen molar-refractivity contribution in [2.75, 3.05) is 12.4 Å². The van der Waals surface area contributed by atoms with E-state index < -0.39 is 58.9 Å². The number of methoxy groups -OCH3 is 1. The van der Waals surface area contributed by atoms with Crippen molar-refractivity contribution in [2.45, 2.75) is 37.6 Å². The van der Waals surface area contributed by atoms with Crippen molar-refractivity contribution in [2.24, 2.45) is 11.7 Å². The monoisotopic (exact) mass is 473 g/mol. The number of aromatic nitrogens is 1. The van der Waals surface area contributed by atoms with Crippen LogP contribution in [0.1, 0.15) is 35.7 Å². The summed E-state index contributed by atoms with van der Waals surface area (Å²) >= 11 is 0. The summed E-state index contributed by atoms with van der Waals surface area (Å²) in [7, 11) is 1.03. The Balaban J connectivity index is 2.07. The highest BCUT2D eigenvalue weighted by Crippen LogP contribution is 2.54. The van der Waals surface area contributed by atoms with Crippen molar-refractivity contribution in [1.29, 1.82) is 0 Å². The molecule has 1 saturated heterocycles. The number of hydrogen-bond acceptors (Lipinski definition) is 5. The van der Waals surface area contributed by atoms with Gasteiger partial charge in [0.2, 0.25) is 11.7 Å². The topological polar surface area (TPSA) is 104 Å². The lowest BCUT2D eigenvalue weighted by Crippen LogP contribution is -2.47. The third-order valence-electron chi connectivity index (χ3n) is 5.87. The summed E-state index contributed by atoms with van der Waals surface area (Å²) in [5.74, 6) is -8.10. The predicted octanol–water partition coefficient (Wildman–Crippen LogP) is 3.55. The van der Waals surface area contributed by atoms with Gasteiger partial charge in [-0.25, -0.2) is 9.37 Å². The maximum atomic E-state index is 14.3. The zero-order chi connectivity index (χ0) is 24.7. The number of ether oxygens (including phenoxy) is 2. The predicted molar refractivity (Wildman–Crippen MR) is 106 cm³/mol. The Kier molecular flexibility index (Phi) is 6.33. The Labute approximate surface area is 185 Å². The van der Waals surface area contributed by atoms with Gasteiger partial charge in [-0.15, -0.1) is 0 Å². The minimum atomic E-state index is -4.89. The largest absolute Gasteiger partial charge is 0.493 e. The first-order valence-corrected chi connectivity index (χ1v) is 9.65. The third-order valence-corrected chi connectivity index (χ3v) is 5.87. The Morgan fingerprint density at radius 2 is 1.91 bits per heavy atom. The van der Waals surface area contributed by atoms with Gasteiger partial charge in [0, 0.05) is 29.2 Å². The number of alkyl halides is 3. The first-order chi connectivity index (χ1) is 15.3. The van der Waals surface area contributed by atoms with Crippen LogP contribution in [-0.2, 0) is 9.53 Å². The summed E-state index contributed by atoms with van der Waals surface area (Å²) in [5.41, 5.74) is 2.22. The number of halogens is 5. The van der Waals surface area contributed by atoms with Gasteiger partial charge in [0.25, 0.3) is 5.91 Å². The normalized spacial score (nSPS) is 25.0. The van der Waals surface area contributed by atoms with Crippen molar-refractivity contribution in [3.63, 3.8) is 0 Å². The van der Waals surface area contributed by atoms with E-state index in [9.17, 15) is 31.5 Å². The summed E-state index contributed by atoms with van der Waals surface area (Å²) in [6.07, 6.45) is -5.51. The molecule has 0 spiro atoms. The molecule has 4 atom stereocenters. The van der Waals surface area contributed by atoms with Crippen LogP contribution in [-0.4, -0.2) is 41.8 Å². The zero-order valence-electron chi connectivity index (χ0n) is 17.7. The van der Waals surface area contributed by atoms with Gasteiger partial charge >= 0.3 is 6.18 Å². The molecule has 1 fully saturated rings. The van der Waals surface area contributed by atoms with Gasteiger partial charge in [0.05, 0.1) is 7.11 Å². The number of primary amides is 1. The summed E-state index contributed by atoms with van der Waals surface area (Å²) in [6, 6.07) is 4.20. The van der Waals surface area contributed by atoms with Gasteiger partial charge < -0.3 is 20.5 Å². The van der Waals surface area contributed by atoms with Crippen molar-refractivity contribution in [1.82, 2.24) is 4.98 Å². The number of hydrogen-bond donors (Lipinski definition) is 2. The van der Waals surface area contributed by atoms with E-state index in [1.807, 2.05) is 0 Å². The molecule has 33 heavy (non-hydrogen) atoms. The molecule has 0 bridgehead atoms. The molecule has 1 aromatic carbocycles. The molecule has 1 aliphatic rings. The van der Waals surface area contributed by atoms with E-state index in [4.69, 9.17) is 15.2 Å². The lowest BCUT2D eigenvalue weighted by atomic mass is 9.77. The summed E-state index contributed by atoms with van der Waals surface area (Å²) in [6.45, 7) is 1.97. The Morgan fingerprint density at radius 3 is 2.48 bits per heavy atom. The molecule has 0 saturated carbocycles. The van der Waals surface area contributed by atoms with Crippen molar-refractivity contribution in [3.8, 4) is 5.75 Å². The second-order valence-electron chi connectivity index (χ2n) is 7.72. The quantitative estimate of drug-likeness (QED) is 0.647. The molecule has 0 unspecified atom stereocenters. The van der Waals surface area contributed by atoms with Crippen molar-refractivity contribution >= 4 is 17.6 Å². The van der Waals surface area contributed by atoms with Crippen molar-refractivity contribution < 1.29 is 41.0 Å². The Bertz CT molecular complexity index is 1090. The number of nitrogens with zero attached hydrogens (tertiary/aromatic N) is 1. The number of carbonyl (C=O) groups excluding carboxylic acids is 2. The van der Waals surface area contributed by atoms with Crippen LogP contribution in [0.3, 0.4) is 0 Å². The molecule has 12 heteroatoms. The molecule has 0 radical (unpaired) electrons. The highest BCUT2D eigenvalue weighted by Gasteiger charge is 2.65. The number of rotatable bonds is 5. The van der Waals surface area contributed by atoms with Gasteiger partial charge in [-0.05, 0) is 25.1 Å².